The molecule has 0 unspecified atom stereocenters. The van der Waals surface area contributed by atoms with Crippen molar-refractivity contribution in [2.24, 2.45) is 0 Å². The van der Waals surface area contributed by atoms with E-state index < -0.39 is 0 Å². The number of aryl methyl sites for hydroxylation is 4. The summed E-state index contributed by atoms with van der Waals surface area (Å²) >= 11 is 0. The number of amides is 2. The summed E-state index contributed by atoms with van der Waals surface area (Å²) in [6.45, 7) is 14.4. The molecule has 0 saturated carbocycles. The molecule has 1 saturated heterocycles. The highest BCUT2D eigenvalue weighted by atomic mass is 16.5. The van der Waals surface area contributed by atoms with Gasteiger partial charge >= 0.3 is 12.1 Å². The van der Waals surface area contributed by atoms with Crippen LogP contribution >= 0.6 is 0 Å². The van der Waals surface area contributed by atoms with Crippen molar-refractivity contribution in [1.29, 1.82) is 0 Å². The number of carbonyl (C=O) groups is 1. The Morgan fingerprint density at radius 3 is 2.15 bits per heavy atom. The Morgan fingerprint density at radius 1 is 1.03 bits per heavy atom. The van der Waals surface area contributed by atoms with Crippen molar-refractivity contribution in [2.75, 3.05) is 43.2 Å². The molecule has 1 fully saturated rings. The van der Waals surface area contributed by atoms with Crippen LogP contribution < -0.4 is 15.3 Å². The average molecular weight is 452 g/mol. The molecule has 0 aliphatic carbocycles. The smallest absolute Gasteiger partial charge is 0.337 e. The second kappa shape index (κ2) is 9.59. The van der Waals surface area contributed by atoms with Crippen LogP contribution in [0.25, 0.3) is 5.01 Å². The Labute approximate surface area is 195 Å². The Kier molecular flexibility index (Phi) is 7.04. The van der Waals surface area contributed by atoms with E-state index in [0.29, 0.717) is 31.7 Å². The second-order valence-electron chi connectivity index (χ2n) is 8.79. The molecule has 2 amide bonds. The Morgan fingerprint density at radius 2 is 1.61 bits per heavy atom. The predicted octanol–water partition coefficient (Wildman–Crippen LogP) is 4.70. The third-order valence-electron chi connectivity index (χ3n) is 6.38. The molecule has 0 radical (unpaired) electrons. The molecule has 0 atom stereocenters. The predicted molar refractivity (Wildman–Crippen MR) is 133 cm³/mol. The minimum absolute atomic E-state index is 0.0621. The van der Waals surface area contributed by atoms with Crippen molar-refractivity contribution in [1.82, 2.24) is 10.2 Å². The van der Waals surface area contributed by atoms with Crippen LogP contribution in [0.1, 0.15) is 38.9 Å². The summed E-state index contributed by atoms with van der Waals surface area (Å²) in [4.78, 5) is 16.2. The average Bonchev–Trinajstić information content (AvgIpc) is 3.12. The first-order chi connectivity index (χ1) is 15.6. The van der Waals surface area contributed by atoms with Crippen molar-refractivity contribution >= 4 is 23.1 Å². The number of rotatable bonds is 6. The van der Waals surface area contributed by atoms with E-state index in [4.69, 9.17) is 0 Å². The fourth-order valence-corrected chi connectivity index (χ4v) is 5.17. The quantitative estimate of drug-likeness (QED) is 0.622. The lowest BCUT2D eigenvalue weighted by molar-refractivity contribution is 0.218. The molecule has 176 valence electrons. The minimum atomic E-state index is -0.0621. The van der Waals surface area contributed by atoms with Gasteiger partial charge < -0.3 is 20.3 Å². The van der Waals surface area contributed by atoms with Crippen LogP contribution in [0.4, 0.5) is 21.9 Å². The van der Waals surface area contributed by atoms with Gasteiger partial charge in [-0.05, 0) is 74.9 Å². The van der Waals surface area contributed by atoms with Gasteiger partial charge in [-0.25, -0.2) is 4.79 Å². The summed E-state index contributed by atoms with van der Waals surface area (Å²) in [7, 11) is 1.62. The van der Waals surface area contributed by atoms with Crippen molar-refractivity contribution in [2.45, 2.75) is 41.5 Å². The Bertz CT molecular complexity index is 1150. The number of urea groups is 1. The van der Waals surface area contributed by atoms with Gasteiger partial charge in [0.2, 0.25) is 0 Å². The number of benzene rings is 2. The van der Waals surface area contributed by atoms with Gasteiger partial charge in [0.15, 0.2) is 0 Å². The molecule has 8 nitrogen and oxygen atoms in total. The van der Waals surface area contributed by atoms with Gasteiger partial charge in [-0.2, -0.15) is 0 Å². The molecule has 1 aliphatic heterocycles. The highest BCUT2D eigenvalue weighted by Gasteiger charge is 2.27. The van der Waals surface area contributed by atoms with E-state index in [9.17, 15) is 15.2 Å². The number of hydroxylamine groups is 1. The van der Waals surface area contributed by atoms with Crippen LogP contribution in [-0.2, 0) is 0 Å². The first kappa shape index (κ1) is 24.2. The number of hydrogen-bond acceptors (Lipinski definition) is 5. The van der Waals surface area contributed by atoms with Crippen LogP contribution in [0.2, 0.25) is 0 Å². The van der Waals surface area contributed by atoms with E-state index in [2.05, 4.69) is 34.3 Å². The fourth-order valence-electron chi connectivity index (χ4n) is 5.17. The van der Waals surface area contributed by atoms with Crippen molar-refractivity contribution in [3.05, 3.63) is 61.3 Å². The maximum absolute atomic E-state index is 12.2. The van der Waals surface area contributed by atoms with Crippen LogP contribution in [0.3, 0.4) is 0 Å². The summed E-state index contributed by atoms with van der Waals surface area (Å²) in [5.74, 6) is 0. The summed E-state index contributed by atoms with van der Waals surface area (Å²) in [6, 6.07) is 6.64. The molecule has 0 spiro atoms. The maximum atomic E-state index is 12.2. The maximum Gasteiger partial charge on any atom is 0.337 e. The van der Waals surface area contributed by atoms with Gasteiger partial charge in [0.05, 0.1) is 5.69 Å². The Hall–Kier alpha value is -3.44. The van der Waals surface area contributed by atoms with Gasteiger partial charge in [-0.3, -0.25) is 10.3 Å². The fraction of sp³-hybridized carbons (Fsp3) is 0.440. The summed E-state index contributed by atoms with van der Waals surface area (Å²) in [5.41, 5.74) is 9.19. The molecule has 2 aromatic rings. The summed E-state index contributed by atoms with van der Waals surface area (Å²) in [6.07, 6.45) is 0. The van der Waals surface area contributed by atoms with Crippen molar-refractivity contribution in [3.8, 4) is 6.07 Å². The van der Waals surface area contributed by atoms with Gasteiger partial charge in [0, 0.05) is 49.6 Å². The van der Waals surface area contributed by atoms with Gasteiger partial charge in [0.25, 0.3) is 0 Å². The molecular weight excluding hydrogens is 418 g/mol. The molecule has 3 rings (SSSR count). The number of anilines is 3. The van der Waals surface area contributed by atoms with Gasteiger partial charge in [-0.15, -0.1) is 0 Å². The lowest BCUT2D eigenvalue weighted by atomic mass is 9.95. The van der Waals surface area contributed by atoms with E-state index >= 15 is 0 Å². The zero-order valence-corrected chi connectivity index (χ0v) is 20.5. The topological polar surface area (TPSA) is 86.5 Å². The van der Waals surface area contributed by atoms with E-state index in [1.54, 1.807) is 11.9 Å². The van der Waals surface area contributed by atoms with E-state index in [1.807, 2.05) is 40.7 Å². The zero-order valence-electron chi connectivity index (χ0n) is 20.5. The van der Waals surface area contributed by atoms with Gasteiger partial charge in [-0.1, -0.05) is 12.1 Å². The molecule has 8 heteroatoms. The second-order valence-corrected chi connectivity index (χ2v) is 8.79. The van der Waals surface area contributed by atoms with Crippen LogP contribution in [-0.4, -0.2) is 49.4 Å². The Balaban J connectivity index is 2.25. The van der Waals surface area contributed by atoms with Crippen molar-refractivity contribution < 1.29 is 10.0 Å². The molecule has 0 bridgehead atoms. The van der Waals surface area contributed by atoms with E-state index in [1.165, 1.54) is 0 Å². The number of hydrogen-bond donors (Lipinski definition) is 2. The normalized spacial score (nSPS) is 13.0. The third-order valence-corrected chi connectivity index (χ3v) is 6.38. The summed E-state index contributed by atoms with van der Waals surface area (Å²) in [5, 5.41) is 28.3. The monoisotopic (exact) mass is 451 g/mol. The van der Waals surface area contributed by atoms with E-state index in [-0.39, 0.29) is 6.03 Å². The standard InChI is InChI=1S/C25H33N5O3/c1-15-12-17(3)23(19(5)21(15)14-27-32)30(11-10-29-9-8-26-25(29)31)24-18(4)13-16(2)22(20(24)6)28(7)33/h12-13,33H,8-11H2,1-7H3,(H,26,31). The molecule has 2 aromatic carbocycles. The van der Waals surface area contributed by atoms with Crippen LogP contribution in [0.15, 0.2) is 12.1 Å². The zero-order chi connectivity index (χ0) is 24.4. The SMILES string of the molecule is Cc1cc(C)c(N(CCN2CCNC2=O)c2c(C)cc(C)c(N(C)O)c2C)c(C)c1C#[N+][O-]. The first-order valence-corrected chi connectivity index (χ1v) is 11.1. The molecule has 1 aliphatic rings. The number of nitrogens with zero attached hydrogens (tertiary/aromatic N) is 4. The summed E-state index contributed by atoms with van der Waals surface area (Å²) < 4.78 is 0. The van der Waals surface area contributed by atoms with Gasteiger partial charge in [0.1, 0.15) is 5.56 Å². The lowest BCUT2D eigenvalue weighted by Crippen LogP contribution is -2.36. The lowest BCUT2D eigenvalue weighted by Gasteiger charge is -2.34. The molecule has 2 N–H and O–H groups in total. The third kappa shape index (κ3) is 4.55. The number of nitrogens with one attached hydrogen (secondary N) is 1. The number of carbonyl (C=O) groups excluding carboxylic acids is 1. The largest absolute Gasteiger partial charge is 0.498 e. The first-order valence-electron chi connectivity index (χ1n) is 11.1. The minimum Gasteiger partial charge on any atom is -0.498 e. The van der Waals surface area contributed by atoms with E-state index in [0.717, 1.165) is 55.5 Å². The van der Waals surface area contributed by atoms with Crippen molar-refractivity contribution in [3.63, 3.8) is 0 Å². The molecule has 1 heterocycles. The van der Waals surface area contributed by atoms with Crippen LogP contribution in [0.5, 0.6) is 0 Å². The van der Waals surface area contributed by atoms with Crippen LogP contribution in [0, 0.1) is 52.8 Å². The molecular formula is C25H33N5O3. The highest BCUT2D eigenvalue weighted by Crippen LogP contribution is 2.41. The molecule has 0 aromatic heterocycles. The highest BCUT2D eigenvalue weighted by molar-refractivity contribution is 5.81. The molecule has 33 heavy (non-hydrogen) atoms.